The Morgan fingerprint density at radius 1 is 0.825 bits per heavy atom. The van der Waals surface area contributed by atoms with Gasteiger partial charge in [0.2, 0.25) is 5.91 Å². The number of imidazole rings is 1. The van der Waals surface area contributed by atoms with Gasteiger partial charge >= 0.3 is 6.09 Å². The zero-order chi connectivity index (χ0) is 40.5. The molecule has 2 aromatic carbocycles. The number of hydrogen-bond acceptors (Lipinski definition) is 12. The normalized spacial score (nSPS) is 13.6. The van der Waals surface area contributed by atoms with Crippen LogP contribution in [0.3, 0.4) is 0 Å². The van der Waals surface area contributed by atoms with E-state index in [0.717, 1.165) is 97.4 Å². The number of alkyl carbamates (subject to hydrolysis) is 1. The molecular weight excluding hydrogens is 732 g/mol. The molecule has 1 saturated heterocycles. The second-order valence-corrected chi connectivity index (χ2v) is 14.9. The molecule has 1 aliphatic heterocycles. The SMILES string of the molecule is Cc1noc(C)c1-c1ccc2c(c1)nc(CCc1ccc(OCCNC(=O)CCOCCOCCOCCNC(=O)OC(C)(C)C)cc1)n2CCN1CCOCC1. The van der Waals surface area contributed by atoms with Crippen LogP contribution in [0.2, 0.25) is 0 Å². The number of ether oxygens (including phenoxy) is 6. The lowest BCUT2D eigenvalue weighted by molar-refractivity contribution is -0.122. The molecule has 4 aromatic rings. The first kappa shape index (κ1) is 43.6. The van der Waals surface area contributed by atoms with Gasteiger partial charge in [0.25, 0.3) is 0 Å². The molecule has 2 aromatic heterocycles. The van der Waals surface area contributed by atoms with Gasteiger partial charge in [-0.05, 0) is 76.4 Å². The van der Waals surface area contributed by atoms with Gasteiger partial charge in [-0.1, -0.05) is 23.4 Å². The van der Waals surface area contributed by atoms with Crippen LogP contribution in [-0.2, 0) is 47.9 Å². The fourth-order valence-electron chi connectivity index (χ4n) is 6.44. The first-order chi connectivity index (χ1) is 27.6. The van der Waals surface area contributed by atoms with Crippen LogP contribution >= 0.6 is 0 Å². The van der Waals surface area contributed by atoms with E-state index in [0.29, 0.717) is 59.3 Å². The van der Waals surface area contributed by atoms with Gasteiger partial charge in [0, 0.05) is 51.1 Å². The summed E-state index contributed by atoms with van der Waals surface area (Å²) in [5.41, 5.74) is 5.73. The fourth-order valence-corrected chi connectivity index (χ4v) is 6.44. The Balaban J connectivity index is 0.958. The van der Waals surface area contributed by atoms with Crippen LogP contribution in [0, 0.1) is 13.8 Å². The van der Waals surface area contributed by atoms with Crippen molar-refractivity contribution in [1.29, 1.82) is 0 Å². The van der Waals surface area contributed by atoms with Gasteiger partial charge in [-0.3, -0.25) is 9.69 Å². The predicted molar refractivity (Wildman–Crippen MR) is 216 cm³/mol. The van der Waals surface area contributed by atoms with E-state index in [-0.39, 0.29) is 12.3 Å². The molecule has 2 amide bonds. The molecule has 15 nitrogen and oxygen atoms in total. The van der Waals surface area contributed by atoms with Gasteiger partial charge in [0.1, 0.15) is 29.5 Å². The standard InChI is InChI=1S/C42H60N6O9/c1-31-40(32(2)57-46-31)34-9-12-37-36(30-34)45-38(48(37)18-17-47-19-24-53-25-20-47)13-8-33-6-10-35(11-7-33)55-23-16-43-39(49)14-21-51-26-28-54-29-27-52-22-15-44-41(50)56-42(3,4)5/h6-7,9-12,30H,8,13-29H2,1-5H3,(H,43,49)(H,44,50). The number of carbonyl (C=O) groups is 2. The average Bonchev–Trinajstić information content (AvgIpc) is 3.72. The van der Waals surface area contributed by atoms with E-state index in [1.54, 1.807) is 0 Å². The highest BCUT2D eigenvalue weighted by atomic mass is 16.6. The number of rotatable bonds is 23. The molecule has 1 aliphatic rings. The Morgan fingerprint density at radius 3 is 2.23 bits per heavy atom. The zero-order valence-electron chi connectivity index (χ0n) is 34.2. The molecule has 312 valence electrons. The molecule has 0 spiro atoms. The summed E-state index contributed by atoms with van der Waals surface area (Å²) in [6.45, 7) is 18.0. The van der Waals surface area contributed by atoms with Crippen molar-refractivity contribution in [2.75, 3.05) is 92.2 Å². The first-order valence-electron chi connectivity index (χ1n) is 20.0. The summed E-state index contributed by atoms with van der Waals surface area (Å²) in [4.78, 5) is 31.4. The molecule has 0 radical (unpaired) electrons. The average molecular weight is 793 g/mol. The lowest BCUT2D eigenvalue weighted by atomic mass is 10.0. The van der Waals surface area contributed by atoms with Crippen LogP contribution in [0.5, 0.6) is 5.75 Å². The molecule has 0 unspecified atom stereocenters. The fraction of sp³-hybridized carbons (Fsp3) is 0.571. The lowest BCUT2D eigenvalue weighted by Crippen LogP contribution is -2.38. The minimum Gasteiger partial charge on any atom is -0.492 e. The quantitative estimate of drug-likeness (QED) is 0.0982. The van der Waals surface area contributed by atoms with Gasteiger partial charge in [0.15, 0.2) is 0 Å². The number of morpholine rings is 1. The molecule has 3 heterocycles. The molecule has 1 fully saturated rings. The molecule has 0 saturated carbocycles. The van der Waals surface area contributed by atoms with E-state index in [2.05, 4.69) is 55.6 Å². The van der Waals surface area contributed by atoms with Crippen LogP contribution in [0.1, 0.15) is 50.0 Å². The maximum absolute atomic E-state index is 12.2. The third-order valence-corrected chi connectivity index (χ3v) is 9.28. The highest BCUT2D eigenvalue weighted by Gasteiger charge is 2.18. The molecular formula is C42H60N6O9. The summed E-state index contributed by atoms with van der Waals surface area (Å²) < 4.78 is 40.8. The number of aromatic nitrogens is 3. The largest absolute Gasteiger partial charge is 0.492 e. The van der Waals surface area contributed by atoms with Crippen molar-refractivity contribution in [1.82, 2.24) is 30.2 Å². The second-order valence-electron chi connectivity index (χ2n) is 14.9. The van der Waals surface area contributed by atoms with Crippen LogP contribution in [-0.4, -0.2) is 129 Å². The van der Waals surface area contributed by atoms with Crippen molar-refractivity contribution >= 4 is 23.0 Å². The molecule has 0 aliphatic carbocycles. The van der Waals surface area contributed by atoms with Crippen LogP contribution < -0.4 is 15.4 Å². The van der Waals surface area contributed by atoms with E-state index in [1.807, 2.05) is 46.8 Å². The zero-order valence-corrected chi connectivity index (χ0v) is 34.2. The van der Waals surface area contributed by atoms with Gasteiger partial charge < -0.3 is 48.1 Å². The maximum Gasteiger partial charge on any atom is 0.407 e. The second kappa shape index (κ2) is 22.4. The minimum atomic E-state index is -0.530. The molecule has 15 heteroatoms. The summed E-state index contributed by atoms with van der Waals surface area (Å²) in [7, 11) is 0. The number of fused-ring (bicyclic) bond motifs is 1. The van der Waals surface area contributed by atoms with E-state index < -0.39 is 11.7 Å². The third kappa shape index (κ3) is 14.7. The number of benzene rings is 2. The Kier molecular flexibility index (Phi) is 17.1. The van der Waals surface area contributed by atoms with Gasteiger partial charge in [-0.2, -0.15) is 0 Å². The molecule has 57 heavy (non-hydrogen) atoms. The highest BCUT2D eigenvalue weighted by Crippen LogP contribution is 2.30. The number of hydrogen-bond donors (Lipinski definition) is 2. The first-order valence-corrected chi connectivity index (χ1v) is 20.0. The van der Waals surface area contributed by atoms with Crippen molar-refractivity contribution in [3.05, 3.63) is 65.3 Å². The van der Waals surface area contributed by atoms with E-state index in [1.165, 1.54) is 5.56 Å². The summed E-state index contributed by atoms with van der Waals surface area (Å²) in [5, 5.41) is 9.65. The minimum absolute atomic E-state index is 0.0980. The van der Waals surface area contributed by atoms with Crippen molar-refractivity contribution in [3.63, 3.8) is 0 Å². The molecule has 0 atom stereocenters. The molecule has 0 bridgehead atoms. The van der Waals surface area contributed by atoms with Gasteiger partial charge in [-0.15, -0.1) is 0 Å². The van der Waals surface area contributed by atoms with Gasteiger partial charge in [-0.25, -0.2) is 9.78 Å². The number of amides is 2. The predicted octanol–water partition coefficient (Wildman–Crippen LogP) is 4.89. The summed E-state index contributed by atoms with van der Waals surface area (Å²) >= 11 is 0. The van der Waals surface area contributed by atoms with Crippen molar-refractivity contribution in [2.45, 2.75) is 66.0 Å². The Morgan fingerprint density at radius 2 is 1.53 bits per heavy atom. The highest BCUT2D eigenvalue weighted by molar-refractivity contribution is 5.83. The van der Waals surface area contributed by atoms with Crippen molar-refractivity contribution < 1.29 is 42.5 Å². The van der Waals surface area contributed by atoms with Crippen molar-refractivity contribution in [2.24, 2.45) is 0 Å². The summed E-state index contributed by atoms with van der Waals surface area (Å²) in [6, 6.07) is 14.6. The Bertz CT molecular complexity index is 1810. The van der Waals surface area contributed by atoms with Crippen molar-refractivity contribution in [3.8, 4) is 16.9 Å². The Hall–Kier alpha value is -4.54. The van der Waals surface area contributed by atoms with E-state index in [4.69, 9.17) is 37.9 Å². The van der Waals surface area contributed by atoms with E-state index >= 15 is 0 Å². The summed E-state index contributed by atoms with van der Waals surface area (Å²) in [5.74, 6) is 2.52. The topological polar surface area (TPSA) is 161 Å². The van der Waals surface area contributed by atoms with Gasteiger partial charge in [0.05, 0.1) is 76.1 Å². The lowest BCUT2D eigenvalue weighted by Gasteiger charge is -2.27. The molecule has 5 rings (SSSR count). The Labute approximate surface area is 335 Å². The monoisotopic (exact) mass is 792 g/mol. The number of nitrogens with one attached hydrogen (secondary N) is 2. The number of nitrogens with zero attached hydrogens (tertiary/aromatic N) is 4. The maximum atomic E-state index is 12.2. The number of carbonyl (C=O) groups excluding carboxylic acids is 2. The van der Waals surface area contributed by atoms with Crippen LogP contribution in [0.15, 0.2) is 47.0 Å². The van der Waals surface area contributed by atoms with Crippen LogP contribution in [0.4, 0.5) is 4.79 Å². The third-order valence-electron chi connectivity index (χ3n) is 9.28. The molecule has 2 N–H and O–H groups in total. The smallest absolute Gasteiger partial charge is 0.407 e. The summed E-state index contributed by atoms with van der Waals surface area (Å²) in [6.07, 6.45) is 1.43. The number of aryl methyl sites for hydroxylation is 4. The van der Waals surface area contributed by atoms with E-state index in [9.17, 15) is 9.59 Å². The van der Waals surface area contributed by atoms with Crippen LogP contribution in [0.25, 0.3) is 22.2 Å².